The van der Waals surface area contributed by atoms with Crippen molar-refractivity contribution in [3.05, 3.63) is 46.5 Å². The summed E-state index contributed by atoms with van der Waals surface area (Å²) in [5.74, 6) is 1.30. The first-order valence-electron chi connectivity index (χ1n) is 6.08. The number of rotatable bonds is 3. The zero-order valence-corrected chi connectivity index (χ0v) is 12.4. The second-order valence-electron chi connectivity index (χ2n) is 4.03. The number of imidazole rings is 1. The number of aromatic hydroxyl groups is 1. The first-order chi connectivity index (χ1) is 8.63. The number of halogens is 1. The summed E-state index contributed by atoms with van der Waals surface area (Å²) < 4.78 is 0.736. The lowest BCUT2D eigenvalue weighted by Crippen LogP contribution is -1.83. The molecule has 0 atom stereocenters. The maximum absolute atomic E-state index is 8.87. The normalized spacial score (nSPS) is 9.72. The molecule has 1 aromatic carbocycles. The van der Waals surface area contributed by atoms with Crippen molar-refractivity contribution in [2.45, 2.75) is 33.1 Å². The first kappa shape index (κ1) is 14.8. The van der Waals surface area contributed by atoms with Gasteiger partial charge in [0, 0.05) is 6.20 Å². The molecule has 0 radical (unpaired) electrons. The van der Waals surface area contributed by atoms with Gasteiger partial charge in [0.15, 0.2) is 0 Å². The summed E-state index contributed by atoms with van der Waals surface area (Å²) in [7, 11) is 0. The molecule has 0 aliphatic carbocycles. The monoisotopic (exact) mass is 310 g/mol. The molecule has 0 aliphatic heterocycles. The van der Waals surface area contributed by atoms with E-state index in [1.807, 2.05) is 19.2 Å². The minimum Gasteiger partial charge on any atom is -0.507 e. The highest BCUT2D eigenvalue weighted by atomic mass is 79.9. The summed E-state index contributed by atoms with van der Waals surface area (Å²) in [5.41, 5.74) is 1.19. The van der Waals surface area contributed by atoms with Gasteiger partial charge in [-0.15, -0.1) is 0 Å². The Kier molecular flexibility index (Phi) is 6.50. The topological polar surface area (TPSA) is 48.9 Å². The fourth-order valence-corrected chi connectivity index (χ4v) is 1.69. The molecule has 3 nitrogen and oxygen atoms in total. The van der Waals surface area contributed by atoms with E-state index in [1.54, 1.807) is 18.2 Å². The lowest BCUT2D eigenvalue weighted by molar-refractivity contribution is 0.472. The molecule has 2 rings (SSSR count). The molecule has 98 valence electrons. The van der Waals surface area contributed by atoms with Gasteiger partial charge in [-0.1, -0.05) is 25.5 Å². The van der Waals surface area contributed by atoms with E-state index in [2.05, 4.69) is 32.8 Å². The molecule has 0 spiro atoms. The van der Waals surface area contributed by atoms with Crippen LogP contribution in [0.25, 0.3) is 0 Å². The number of aromatic amines is 1. The predicted molar refractivity (Wildman–Crippen MR) is 77.7 cm³/mol. The molecule has 1 aromatic heterocycles. The summed E-state index contributed by atoms with van der Waals surface area (Å²) in [5, 5.41) is 8.87. The van der Waals surface area contributed by atoms with E-state index in [1.165, 1.54) is 18.5 Å². The van der Waals surface area contributed by atoms with Crippen LogP contribution in [0.4, 0.5) is 0 Å². The second-order valence-corrected chi connectivity index (χ2v) is 4.89. The highest BCUT2D eigenvalue weighted by molar-refractivity contribution is 9.10. The molecule has 0 saturated heterocycles. The van der Waals surface area contributed by atoms with Crippen molar-refractivity contribution in [2.24, 2.45) is 0 Å². The number of hydrogen-bond donors (Lipinski definition) is 2. The van der Waals surface area contributed by atoms with E-state index in [4.69, 9.17) is 5.11 Å². The Balaban J connectivity index is 0.000000184. The van der Waals surface area contributed by atoms with Crippen LogP contribution >= 0.6 is 15.9 Å². The molecule has 4 heteroatoms. The van der Waals surface area contributed by atoms with Crippen molar-refractivity contribution >= 4 is 15.9 Å². The third kappa shape index (κ3) is 5.36. The number of phenols is 1. The van der Waals surface area contributed by atoms with Gasteiger partial charge in [0.05, 0.1) is 10.2 Å². The maximum atomic E-state index is 8.87. The number of phenolic OH excluding ortho intramolecular Hbond substituents is 1. The maximum Gasteiger partial charge on any atom is 0.129 e. The third-order valence-corrected chi connectivity index (χ3v) is 3.07. The first-order valence-corrected chi connectivity index (χ1v) is 6.87. The van der Waals surface area contributed by atoms with Gasteiger partial charge in [-0.3, -0.25) is 0 Å². The number of hydrogen-bond acceptors (Lipinski definition) is 2. The highest BCUT2D eigenvalue weighted by Gasteiger charge is 1.94. The molecular weight excluding hydrogens is 292 g/mol. The van der Waals surface area contributed by atoms with Gasteiger partial charge < -0.3 is 10.1 Å². The Morgan fingerprint density at radius 2 is 2.06 bits per heavy atom. The quantitative estimate of drug-likeness (QED) is 0.892. The van der Waals surface area contributed by atoms with Crippen LogP contribution in [-0.2, 0) is 6.42 Å². The highest BCUT2D eigenvalue weighted by Crippen LogP contribution is 2.21. The van der Waals surface area contributed by atoms with Crippen LogP contribution in [0, 0.1) is 6.92 Å². The zero-order valence-electron chi connectivity index (χ0n) is 10.8. The molecule has 0 saturated carbocycles. The summed E-state index contributed by atoms with van der Waals surface area (Å²) >= 11 is 3.15. The molecule has 0 unspecified atom stereocenters. The van der Waals surface area contributed by atoms with Crippen LogP contribution in [0.1, 0.15) is 31.3 Å². The molecule has 0 bridgehead atoms. The fraction of sp³-hybridized carbons (Fsp3) is 0.357. The van der Waals surface area contributed by atoms with Crippen molar-refractivity contribution in [3.8, 4) is 5.75 Å². The summed E-state index contributed by atoms with van der Waals surface area (Å²) in [6.07, 6.45) is 5.59. The molecule has 0 fully saturated rings. The average molecular weight is 311 g/mol. The van der Waals surface area contributed by atoms with Crippen molar-refractivity contribution in [1.82, 2.24) is 9.97 Å². The average Bonchev–Trinajstić information content (AvgIpc) is 2.77. The number of para-hydroxylation sites is 1. The van der Waals surface area contributed by atoms with Gasteiger partial charge >= 0.3 is 0 Å². The standard InChI is InChI=1S/C8H14N2.C6H5BrO/c1-3-4-5-8-6-9-7(2)10-8;7-5-3-1-2-4-6(5)8/h6H,3-5H2,1-2H3,(H,9,10);1-4,8H. The van der Waals surface area contributed by atoms with Crippen molar-refractivity contribution in [2.75, 3.05) is 0 Å². The smallest absolute Gasteiger partial charge is 0.129 e. The Morgan fingerprint density at radius 3 is 2.50 bits per heavy atom. The largest absolute Gasteiger partial charge is 0.507 e. The minimum atomic E-state index is 0.285. The third-order valence-electron chi connectivity index (χ3n) is 2.40. The van der Waals surface area contributed by atoms with Crippen LogP contribution in [-0.4, -0.2) is 15.1 Å². The van der Waals surface area contributed by atoms with Crippen LogP contribution in [0.15, 0.2) is 34.9 Å². The van der Waals surface area contributed by atoms with Crippen LogP contribution in [0.5, 0.6) is 5.75 Å². The van der Waals surface area contributed by atoms with Gasteiger partial charge in [-0.2, -0.15) is 0 Å². The number of nitrogens with one attached hydrogen (secondary N) is 1. The fourth-order valence-electron chi connectivity index (χ4n) is 1.41. The number of aromatic nitrogens is 2. The second kappa shape index (κ2) is 7.93. The van der Waals surface area contributed by atoms with Gasteiger partial charge in [0.1, 0.15) is 11.6 Å². The van der Waals surface area contributed by atoms with Gasteiger partial charge in [0.2, 0.25) is 0 Å². The van der Waals surface area contributed by atoms with E-state index < -0.39 is 0 Å². The SMILES string of the molecule is CCCCc1c[nH]c(C)n1.Oc1ccccc1Br. The number of H-pyrrole nitrogens is 1. The number of nitrogens with zero attached hydrogens (tertiary/aromatic N) is 1. The Labute approximate surface area is 116 Å². The Morgan fingerprint density at radius 1 is 1.33 bits per heavy atom. The van der Waals surface area contributed by atoms with E-state index in [0.29, 0.717) is 0 Å². The lowest BCUT2D eigenvalue weighted by atomic mass is 10.2. The Bertz CT molecular complexity index is 447. The Hall–Kier alpha value is -1.29. The molecule has 1 heterocycles. The zero-order chi connectivity index (χ0) is 13.4. The van der Waals surface area contributed by atoms with E-state index in [0.717, 1.165) is 16.7 Å². The number of benzene rings is 1. The van der Waals surface area contributed by atoms with Crippen molar-refractivity contribution in [3.63, 3.8) is 0 Å². The van der Waals surface area contributed by atoms with Crippen LogP contribution < -0.4 is 0 Å². The van der Waals surface area contributed by atoms with E-state index in [9.17, 15) is 0 Å². The van der Waals surface area contributed by atoms with Gasteiger partial charge in [0.25, 0.3) is 0 Å². The number of unbranched alkanes of at least 4 members (excludes halogenated alkanes) is 1. The van der Waals surface area contributed by atoms with Gasteiger partial charge in [-0.05, 0) is 47.8 Å². The molecule has 2 aromatic rings. The summed E-state index contributed by atoms with van der Waals surface area (Å²) in [6, 6.07) is 7.04. The molecule has 0 amide bonds. The molecule has 2 N–H and O–H groups in total. The minimum absolute atomic E-state index is 0.285. The van der Waals surface area contributed by atoms with E-state index >= 15 is 0 Å². The summed E-state index contributed by atoms with van der Waals surface area (Å²) in [6.45, 7) is 4.18. The molecule has 0 aliphatic rings. The van der Waals surface area contributed by atoms with Gasteiger partial charge in [-0.25, -0.2) is 4.98 Å². The van der Waals surface area contributed by atoms with Crippen molar-refractivity contribution in [1.29, 1.82) is 0 Å². The van der Waals surface area contributed by atoms with E-state index in [-0.39, 0.29) is 5.75 Å². The van der Waals surface area contributed by atoms with Crippen LogP contribution in [0.2, 0.25) is 0 Å². The molecule has 18 heavy (non-hydrogen) atoms. The van der Waals surface area contributed by atoms with Crippen LogP contribution in [0.3, 0.4) is 0 Å². The number of aryl methyl sites for hydroxylation is 2. The lowest BCUT2D eigenvalue weighted by Gasteiger charge is -1.90. The molecular formula is C14H19BrN2O. The summed E-state index contributed by atoms with van der Waals surface area (Å²) in [4.78, 5) is 7.36. The predicted octanol–water partition coefficient (Wildman–Crippen LogP) is 4.22. The van der Waals surface area contributed by atoms with Crippen molar-refractivity contribution < 1.29 is 5.11 Å².